The molecule has 0 fully saturated rings. The van der Waals surface area contributed by atoms with E-state index in [2.05, 4.69) is 60.3 Å². The van der Waals surface area contributed by atoms with Gasteiger partial charge in [0.15, 0.2) is 0 Å². The van der Waals surface area contributed by atoms with Crippen molar-refractivity contribution in [3.05, 3.63) is 33.8 Å². The van der Waals surface area contributed by atoms with Gasteiger partial charge < -0.3 is 5.32 Å². The predicted octanol–water partition coefficient (Wildman–Crippen LogP) is 4.99. The van der Waals surface area contributed by atoms with E-state index in [1.807, 2.05) is 0 Å². The summed E-state index contributed by atoms with van der Waals surface area (Å²) in [6, 6.07) is 7.16. The Bertz CT molecular complexity index is 315. The molecule has 1 atom stereocenters. The number of rotatable bonds is 7. The Balaban J connectivity index is 2.59. The fraction of sp³-hybridized carbons (Fsp3) is 0.600. The predicted molar refractivity (Wildman–Crippen MR) is 79.4 cm³/mol. The molecular formula is C15H24BrN. The average molecular weight is 298 g/mol. The highest BCUT2D eigenvalue weighted by atomic mass is 79.9. The van der Waals surface area contributed by atoms with E-state index in [-0.39, 0.29) is 0 Å². The zero-order valence-electron chi connectivity index (χ0n) is 11.2. The van der Waals surface area contributed by atoms with Crippen molar-refractivity contribution in [2.75, 3.05) is 7.05 Å². The Morgan fingerprint density at radius 3 is 2.53 bits per heavy atom. The van der Waals surface area contributed by atoms with E-state index in [0.29, 0.717) is 6.04 Å². The molecule has 2 heteroatoms. The number of benzene rings is 1. The van der Waals surface area contributed by atoms with Gasteiger partial charge in [0.2, 0.25) is 0 Å². The van der Waals surface area contributed by atoms with E-state index in [1.165, 1.54) is 47.7 Å². The number of nitrogens with one attached hydrogen (secondary N) is 1. The highest BCUT2D eigenvalue weighted by Crippen LogP contribution is 2.24. The molecule has 0 radical (unpaired) electrons. The van der Waals surface area contributed by atoms with Crippen LogP contribution in [0.2, 0.25) is 0 Å². The minimum Gasteiger partial charge on any atom is -0.313 e. The van der Waals surface area contributed by atoms with Gasteiger partial charge in [0.25, 0.3) is 0 Å². The monoisotopic (exact) mass is 297 g/mol. The Morgan fingerprint density at radius 2 is 1.94 bits per heavy atom. The van der Waals surface area contributed by atoms with Crippen molar-refractivity contribution >= 4 is 15.9 Å². The normalized spacial score (nSPS) is 12.7. The minimum atomic E-state index is 0.489. The SMILES string of the molecule is CCCCCCC(NC)c1cc(C)cc(Br)c1. The summed E-state index contributed by atoms with van der Waals surface area (Å²) in [5, 5.41) is 3.43. The van der Waals surface area contributed by atoms with Crippen LogP contribution in [0.5, 0.6) is 0 Å². The van der Waals surface area contributed by atoms with Crippen LogP contribution in [0.3, 0.4) is 0 Å². The molecule has 0 aliphatic carbocycles. The molecule has 1 N–H and O–H groups in total. The summed E-state index contributed by atoms with van der Waals surface area (Å²) in [6.45, 7) is 4.41. The van der Waals surface area contributed by atoms with E-state index in [4.69, 9.17) is 0 Å². The zero-order valence-corrected chi connectivity index (χ0v) is 12.8. The highest BCUT2D eigenvalue weighted by Gasteiger charge is 2.09. The number of hydrogen-bond donors (Lipinski definition) is 1. The van der Waals surface area contributed by atoms with Crippen LogP contribution in [0.1, 0.15) is 56.2 Å². The first-order chi connectivity index (χ1) is 8.17. The molecule has 1 aromatic rings. The molecule has 0 spiro atoms. The Labute approximate surface area is 114 Å². The van der Waals surface area contributed by atoms with Crippen LogP contribution >= 0.6 is 15.9 Å². The van der Waals surface area contributed by atoms with Gasteiger partial charge in [-0.2, -0.15) is 0 Å². The van der Waals surface area contributed by atoms with Gasteiger partial charge in [-0.15, -0.1) is 0 Å². The van der Waals surface area contributed by atoms with Gasteiger partial charge >= 0.3 is 0 Å². The number of unbranched alkanes of at least 4 members (excludes halogenated alkanes) is 3. The van der Waals surface area contributed by atoms with Crippen LogP contribution in [-0.4, -0.2) is 7.05 Å². The molecule has 0 aromatic heterocycles. The summed E-state index contributed by atoms with van der Waals surface area (Å²) in [5.74, 6) is 0. The summed E-state index contributed by atoms with van der Waals surface area (Å²) in [4.78, 5) is 0. The van der Waals surface area contributed by atoms with Crippen molar-refractivity contribution in [3.8, 4) is 0 Å². The van der Waals surface area contributed by atoms with Crippen LogP contribution in [-0.2, 0) is 0 Å². The first-order valence-electron chi connectivity index (χ1n) is 6.61. The first-order valence-corrected chi connectivity index (χ1v) is 7.41. The number of halogens is 1. The second kappa shape index (κ2) is 7.88. The van der Waals surface area contributed by atoms with Crippen LogP contribution in [0, 0.1) is 6.92 Å². The topological polar surface area (TPSA) is 12.0 Å². The standard InChI is InChI=1S/C15H24BrN/c1-4-5-6-7-8-15(17-3)13-9-12(2)10-14(16)11-13/h9-11,15,17H,4-8H2,1-3H3. The summed E-state index contributed by atoms with van der Waals surface area (Å²) in [6.07, 6.45) is 6.55. The van der Waals surface area contributed by atoms with E-state index >= 15 is 0 Å². The number of aryl methyl sites for hydroxylation is 1. The summed E-state index contributed by atoms with van der Waals surface area (Å²) >= 11 is 3.58. The molecular weight excluding hydrogens is 274 g/mol. The van der Waals surface area contributed by atoms with Gasteiger partial charge in [0.05, 0.1) is 0 Å². The lowest BCUT2D eigenvalue weighted by atomic mass is 9.99. The fourth-order valence-corrected chi connectivity index (χ4v) is 2.84. The maximum atomic E-state index is 3.58. The van der Waals surface area contributed by atoms with E-state index < -0.39 is 0 Å². The van der Waals surface area contributed by atoms with E-state index in [1.54, 1.807) is 0 Å². The molecule has 1 unspecified atom stereocenters. The summed E-state index contributed by atoms with van der Waals surface area (Å²) in [5.41, 5.74) is 2.72. The molecule has 96 valence electrons. The third-order valence-corrected chi connectivity index (χ3v) is 3.62. The van der Waals surface area contributed by atoms with Crippen LogP contribution < -0.4 is 5.32 Å². The zero-order chi connectivity index (χ0) is 12.7. The molecule has 0 bridgehead atoms. The van der Waals surface area contributed by atoms with Crippen molar-refractivity contribution in [1.29, 1.82) is 0 Å². The highest BCUT2D eigenvalue weighted by molar-refractivity contribution is 9.10. The van der Waals surface area contributed by atoms with Gasteiger partial charge in [0.1, 0.15) is 0 Å². The second-order valence-electron chi connectivity index (χ2n) is 4.75. The largest absolute Gasteiger partial charge is 0.313 e. The maximum Gasteiger partial charge on any atom is 0.0318 e. The molecule has 17 heavy (non-hydrogen) atoms. The first kappa shape index (κ1) is 14.7. The Hall–Kier alpha value is -0.340. The molecule has 0 aliphatic rings. The minimum absolute atomic E-state index is 0.489. The van der Waals surface area contributed by atoms with Gasteiger partial charge in [-0.05, 0) is 43.7 Å². The van der Waals surface area contributed by atoms with Crippen molar-refractivity contribution in [3.63, 3.8) is 0 Å². The average Bonchev–Trinajstić information content (AvgIpc) is 2.28. The lowest BCUT2D eigenvalue weighted by molar-refractivity contribution is 0.505. The molecule has 0 saturated heterocycles. The second-order valence-corrected chi connectivity index (χ2v) is 5.67. The third-order valence-electron chi connectivity index (χ3n) is 3.16. The van der Waals surface area contributed by atoms with Gasteiger partial charge in [-0.3, -0.25) is 0 Å². The smallest absolute Gasteiger partial charge is 0.0318 e. The Morgan fingerprint density at radius 1 is 1.18 bits per heavy atom. The van der Waals surface area contributed by atoms with Crippen LogP contribution in [0.15, 0.2) is 22.7 Å². The molecule has 0 heterocycles. The quantitative estimate of drug-likeness (QED) is 0.699. The van der Waals surface area contributed by atoms with Crippen molar-refractivity contribution < 1.29 is 0 Å². The summed E-state index contributed by atoms with van der Waals surface area (Å²) < 4.78 is 1.18. The molecule has 1 aromatic carbocycles. The molecule has 0 amide bonds. The van der Waals surface area contributed by atoms with Gasteiger partial charge in [-0.25, -0.2) is 0 Å². The Kier molecular flexibility index (Phi) is 6.83. The van der Waals surface area contributed by atoms with Crippen LogP contribution in [0.4, 0.5) is 0 Å². The van der Waals surface area contributed by atoms with E-state index in [9.17, 15) is 0 Å². The van der Waals surface area contributed by atoms with E-state index in [0.717, 1.165) is 0 Å². The molecule has 1 rings (SSSR count). The molecule has 0 saturated carbocycles. The lowest BCUT2D eigenvalue weighted by Gasteiger charge is -2.17. The van der Waals surface area contributed by atoms with Crippen LogP contribution in [0.25, 0.3) is 0 Å². The molecule has 1 nitrogen and oxygen atoms in total. The fourth-order valence-electron chi connectivity index (χ4n) is 2.22. The van der Waals surface area contributed by atoms with Crippen molar-refractivity contribution in [2.45, 2.75) is 52.0 Å². The van der Waals surface area contributed by atoms with Crippen molar-refractivity contribution in [2.24, 2.45) is 0 Å². The van der Waals surface area contributed by atoms with Crippen molar-refractivity contribution in [1.82, 2.24) is 5.32 Å². The van der Waals surface area contributed by atoms with Gasteiger partial charge in [-0.1, -0.05) is 54.6 Å². The lowest BCUT2D eigenvalue weighted by Crippen LogP contribution is -2.16. The third kappa shape index (κ3) is 5.22. The van der Waals surface area contributed by atoms with Gasteiger partial charge in [0, 0.05) is 10.5 Å². The summed E-state index contributed by atoms with van der Waals surface area (Å²) in [7, 11) is 2.06. The number of hydrogen-bond acceptors (Lipinski definition) is 1. The molecule has 0 aliphatic heterocycles. The maximum absolute atomic E-state index is 3.58.